The molecule has 1 aliphatic carbocycles. The van der Waals surface area contributed by atoms with Crippen molar-refractivity contribution in [3.05, 3.63) is 29.1 Å². The van der Waals surface area contributed by atoms with Crippen LogP contribution < -0.4 is 0 Å². The second kappa shape index (κ2) is 4.45. The van der Waals surface area contributed by atoms with Crippen LogP contribution in [-0.4, -0.2) is 26.9 Å². The number of hydrogen-bond donors (Lipinski definition) is 1. The number of aliphatic hydroxyl groups is 1. The predicted molar refractivity (Wildman–Crippen MR) is 60.2 cm³/mol. The van der Waals surface area contributed by atoms with Crippen LogP contribution in [0.2, 0.25) is 0 Å². The molecule has 0 radical (unpaired) electrons. The molecule has 1 heterocycles. The fourth-order valence-electron chi connectivity index (χ4n) is 1.73. The van der Waals surface area contributed by atoms with Gasteiger partial charge in [-0.05, 0) is 25.5 Å². The highest BCUT2D eigenvalue weighted by Gasteiger charge is 2.28. The first-order valence-corrected chi connectivity index (χ1v) is 5.40. The number of nitrogens with zero attached hydrogens (tertiary/aromatic N) is 2. The molecule has 0 amide bonds. The van der Waals surface area contributed by atoms with Gasteiger partial charge in [-0.1, -0.05) is 0 Å². The van der Waals surface area contributed by atoms with Crippen molar-refractivity contribution in [1.29, 1.82) is 0 Å². The second-order valence-electron chi connectivity index (χ2n) is 3.98. The Morgan fingerprint density at radius 1 is 1.18 bits per heavy atom. The Morgan fingerprint density at radius 3 is 2.35 bits per heavy atom. The Hall–Kier alpha value is -2.04. The zero-order valence-corrected chi connectivity index (χ0v) is 9.43. The number of carbonyl (C=O) groups is 2. The van der Waals surface area contributed by atoms with E-state index >= 15 is 0 Å². The van der Waals surface area contributed by atoms with E-state index in [9.17, 15) is 14.7 Å². The average Bonchev–Trinajstić information content (AvgIpc) is 2.29. The number of aliphatic hydroxyl groups excluding tert-OH is 1. The Bertz CT molecular complexity index is 485. The molecule has 0 spiro atoms. The predicted octanol–water partition coefficient (Wildman–Crippen LogP) is 1.38. The van der Waals surface area contributed by atoms with Crippen LogP contribution in [0.5, 0.6) is 0 Å². The molecule has 0 atom stereocenters. The van der Waals surface area contributed by atoms with Gasteiger partial charge in [0.05, 0.1) is 5.69 Å². The highest BCUT2D eigenvalue weighted by Crippen LogP contribution is 2.23. The summed E-state index contributed by atoms with van der Waals surface area (Å²) in [5.41, 5.74) is 0.733. The summed E-state index contributed by atoms with van der Waals surface area (Å²) in [6, 6.07) is 3.21. The Balaban J connectivity index is 2.45. The zero-order valence-electron chi connectivity index (χ0n) is 9.43. The van der Waals surface area contributed by atoms with Gasteiger partial charge in [-0.2, -0.15) is 5.10 Å². The van der Waals surface area contributed by atoms with E-state index in [0.29, 0.717) is 25.0 Å². The van der Waals surface area contributed by atoms with Crippen molar-refractivity contribution >= 4 is 17.3 Å². The van der Waals surface area contributed by atoms with Gasteiger partial charge >= 0.3 is 0 Å². The van der Waals surface area contributed by atoms with E-state index < -0.39 is 0 Å². The summed E-state index contributed by atoms with van der Waals surface area (Å²) in [4.78, 5) is 23.2. The summed E-state index contributed by atoms with van der Waals surface area (Å²) in [5, 5.41) is 17.5. The summed E-state index contributed by atoms with van der Waals surface area (Å²) < 4.78 is 0. The second-order valence-corrected chi connectivity index (χ2v) is 3.98. The fourth-order valence-corrected chi connectivity index (χ4v) is 1.73. The average molecular weight is 232 g/mol. The van der Waals surface area contributed by atoms with Gasteiger partial charge in [0.2, 0.25) is 0 Å². The molecule has 1 fully saturated rings. The minimum absolute atomic E-state index is 0.130. The lowest BCUT2D eigenvalue weighted by Gasteiger charge is -2.13. The van der Waals surface area contributed by atoms with Crippen LogP contribution >= 0.6 is 0 Å². The molecule has 0 aliphatic heterocycles. The first kappa shape index (κ1) is 11.4. The largest absolute Gasteiger partial charge is 0.505 e. The minimum atomic E-state index is -0.354. The molecule has 5 nitrogen and oxygen atoms in total. The molecule has 1 aromatic heterocycles. The van der Waals surface area contributed by atoms with Crippen molar-refractivity contribution in [3.63, 3.8) is 0 Å². The van der Waals surface area contributed by atoms with Crippen LogP contribution in [0.25, 0.3) is 5.76 Å². The van der Waals surface area contributed by atoms with E-state index in [1.807, 2.05) is 0 Å². The van der Waals surface area contributed by atoms with Crippen LogP contribution in [-0.2, 0) is 9.59 Å². The first-order chi connectivity index (χ1) is 8.09. The number of aryl methyl sites for hydroxylation is 1. The molecule has 17 heavy (non-hydrogen) atoms. The number of hydrogen-bond acceptors (Lipinski definition) is 5. The third kappa shape index (κ3) is 2.22. The lowest BCUT2D eigenvalue weighted by molar-refractivity contribution is -0.123. The maximum absolute atomic E-state index is 11.6. The Morgan fingerprint density at radius 2 is 1.82 bits per heavy atom. The molecular formula is C12H12N2O3. The van der Waals surface area contributed by atoms with E-state index in [4.69, 9.17) is 0 Å². The smallest absolute Gasteiger partial charge is 0.170 e. The van der Waals surface area contributed by atoms with Crippen LogP contribution in [0.3, 0.4) is 0 Å². The Kier molecular flexibility index (Phi) is 2.99. The van der Waals surface area contributed by atoms with Gasteiger partial charge in [-0.25, -0.2) is 0 Å². The molecule has 1 aliphatic rings. The van der Waals surface area contributed by atoms with Crippen molar-refractivity contribution in [1.82, 2.24) is 10.2 Å². The third-order valence-corrected chi connectivity index (χ3v) is 2.64. The van der Waals surface area contributed by atoms with Crippen LogP contribution in [0, 0.1) is 6.92 Å². The summed E-state index contributed by atoms with van der Waals surface area (Å²) in [5.74, 6) is -0.991. The number of allylic oxidation sites excluding steroid dienone is 1. The van der Waals surface area contributed by atoms with Crippen LogP contribution in [0.15, 0.2) is 17.7 Å². The molecule has 0 saturated heterocycles. The number of rotatable bonds is 1. The summed E-state index contributed by atoms with van der Waals surface area (Å²) >= 11 is 0. The molecule has 2 rings (SSSR count). The van der Waals surface area contributed by atoms with Crippen molar-refractivity contribution in [2.45, 2.75) is 26.2 Å². The van der Waals surface area contributed by atoms with Gasteiger partial charge in [0.15, 0.2) is 17.3 Å². The summed E-state index contributed by atoms with van der Waals surface area (Å²) in [6.07, 6.45) is 1.14. The van der Waals surface area contributed by atoms with E-state index in [1.165, 1.54) is 0 Å². The van der Waals surface area contributed by atoms with Gasteiger partial charge in [-0.3, -0.25) is 9.59 Å². The third-order valence-electron chi connectivity index (χ3n) is 2.64. The fraction of sp³-hybridized carbons (Fsp3) is 0.333. The number of carbonyl (C=O) groups excluding carboxylic acids is 2. The lowest BCUT2D eigenvalue weighted by atomic mass is 9.90. The standard InChI is InChI=1S/C12H12N2O3/c1-7-5-6-8(14-13-7)12(17)11-9(15)3-2-4-10(11)16/h5-6,17H,2-4H2,1H3. The zero-order chi connectivity index (χ0) is 12.4. The van der Waals surface area contributed by atoms with Gasteiger partial charge < -0.3 is 5.11 Å². The van der Waals surface area contributed by atoms with Crippen molar-refractivity contribution in [3.8, 4) is 0 Å². The molecule has 1 N–H and O–H groups in total. The van der Waals surface area contributed by atoms with E-state index in [1.54, 1.807) is 19.1 Å². The molecule has 5 heteroatoms. The number of aromatic nitrogens is 2. The Labute approximate surface area is 98.2 Å². The highest BCUT2D eigenvalue weighted by atomic mass is 16.3. The van der Waals surface area contributed by atoms with Gasteiger partial charge in [0.1, 0.15) is 11.3 Å². The monoisotopic (exact) mass is 232 g/mol. The van der Waals surface area contributed by atoms with Crippen molar-refractivity contribution in [2.24, 2.45) is 0 Å². The normalized spacial score (nSPS) is 16.2. The topological polar surface area (TPSA) is 80.1 Å². The first-order valence-electron chi connectivity index (χ1n) is 5.40. The van der Waals surface area contributed by atoms with Crippen molar-refractivity contribution in [2.75, 3.05) is 0 Å². The molecule has 1 saturated carbocycles. The van der Waals surface area contributed by atoms with Crippen LogP contribution in [0.4, 0.5) is 0 Å². The summed E-state index contributed by atoms with van der Waals surface area (Å²) in [6.45, 7) is 1.76. The van der Waals surface area contributed by atoms with Crippen molar-refractivity contribution < 1.29 is 14.7 Å². The molecular weight excluding hydrogens is 220 g/mol. The number of Topliss-reactive ketones (excluding diaryl/α,β-unsaturated/α-hetero) is 2. The molecule has 88 valence electrons. The quantitative estimate of drug-likeness (QED) is 0.449. The van der Waals surface area contributed by atoms with Crippen LogP contribution in [0.1, 0.15) is 30.7 Å². The lowest BCUT2D eigenvalue weighted by Crippen LogP contribution is -2.20. The highest BCUT2D eigenvalue weighted by molar-refractivity contribution is 6.25. The van der Waals surface area contributed by atoms with E-state index in [0.717, 1.165) is 0 Å². The molecule has 1 aromatic rings. The van der Waals surface area contributed by atoms with E-state index in [-0.39, 0.29) is 28.6 Å². The van der Waals surface area contributed by atoms with Gasteiger partial charge in [-0.15, -0.1) is 5.10 Å². The summed E-state index contributed by atoms with van der Waals surface area (Å²) in [7, 11) is 0. The van der Waals surface area contributed by atoms with Gasteiger partial charge in [0, 0.05) is 12.8 Å². The molecule has 0 aromatic carbocycles. The minimum Gasteiger partial charge on any atom is -0.505 e. The molecule has 0 unspecified atom stereocenters. The van der Waals surface area contributed by atoms with E-state index in [2.05, 4.69) is 10.2 Å². The number of ketones is 2. The maximum atomic E-state index is 11.6. The SMILES string of the molecule is Cc1ccc(C(O)=C2C(=O)CCCC2=O)nn1. The van der Waals surface area contributed by atoms with Gasteiger partial charge in [0.25, 0.3) is 0 Å². The maximum Gasteiger partial charge on any atom is 0.170 e. The molecule has 0 bridgehead atoms.